The number of esters is 1. The number of carbonyl (C=O) groups excluding carboxylic acids is 2. The Morgan fingerprint density at radius 3 is 2.14 bits per heavy atom. The summed E-state index contributed by atoms with van der Waals surface area (Å²) in [6, 6.07) is 30.2. The molecule has 0 fully saturated rings. The van der Waals surface area contributed by atoms with Gasteiger partial charge in [-0.2, -0.15) is 0 Å². The van der Waals surface area contributed by atoms with E-state index in [0.29, 0.717) is 30.8 Å². The normalized spacial score (nSPS) is 11.8. The van der Waals surface area contributed by atoms with Gasteiger partial charge in [-0.1, -0.05) is 78.9 Å². The fraction of sp³-hybridized carbons (Fsp3) is 0.212. The molecule has 4 aromatic rings. The molecule has 0 aliphatic rings. The van der Waals surface area contributed by atoms with Gasteiger partial charge in [-0.15, -0.1) is 0 Å². The number of ether oxygens (including phenoxy) is 2. The van der Waals surface area contributed by atoms with Crippen LogP contribution < -0.4 is 9.46 Å². The van der Waals surface area contributed by atoms with Crippen molar-refractivity contribution in [3.63, 3.8) is 0 Å². The van der Waals surface area contributed by atoms with Crippen LogP contribution in [0.3, 0.4) is 0 Å². The predicted octanol–water partition coefficient (Wildman–Crippen LogP) is 5.62. The molecule has 0 saturated heterocycles. The molecule has 0 heterocycles. The highest BCUT2D eigenvalue weighted by Crippen LogP contribution is 2.27. The minimum atomic E-state index is -4.06. The van der Waals surface area contributed by atoms with Crippen molar-refractivity contribution >= 4 is 27.6 Å². The second kappa shape index (κ2) is 13.8. The van der Waals surface area contributed by atoms with Gasteiger partial charge in [0, 0.05) is 13.1 Å². The minimum Gasteiger partial charge on any atom is -0.495 e. The molecule has 8 nitrogen and oxygen atoms in total. The Balaban J connectivity index is 1.50. The fourth-order valence-electron chi connectivity index (χ4n) is 4.43. The number of para-hydroxylation sites is 2. The number of methoxy groups -OCH3 is 1. The van der Waals surface area contributed by atoms with Crippen molar-refractivity contribution in [1.29, 1.82) is 0 Å². The van der Waals surface area contributed by atoms with Crippen LogP contribution in [0.5, 0.6) is 5.75 Å². The summed E-state index contributed by atoms with van der Waals surface area (Å²) in [5, 5.41) is 0. The first-order valence-electron chi connectivity index (χ1n) is 13.5. The van der Waals surface area contributed by atoms with Crippen LogP contribution in [0, 0.1) is 6.92 Å². The molecular formula is C33H34N2O6S. The van der Waals surface area contributed by atoms with Crippen LogP contribution in [0.2, 0.25) is 0 Å². The molecule has 0 aliphatic heterocycles. The van der Waals surface area contributed by atoms with Gasteiger partial charge in [-0.05, 0) is 61.2 Å². The van der Waals surface area contributed by atoms with Crippen molar-refractivity contribution in [1.82, 2.24) is 4.90 Å². The summed E-state index contributed by atoms with van der Waals surface area (Å²) in [6.45, 7) is 3.99. The number of benzene rings is 4. The van der Waals surface area contributed by atoms with Crippen LogP contribution in [0.4, 0.5) is 5.69 Å². The molecule has 0 spiro atoms. The van der Waals surface area contributed by atoms with E-state index in [1.807, 2.05) is 60.7 Å². The molecule has 1 N–H and O–H groups in total. The Bertz CT molecular complexity index is 1630. The van der Waals surface area contributed by atoms with Gasteiger partial charge in [0.2, 0.25) is 0 Å². The maximum Gasteiger partial charge on any atom is 0.339 e. The van der Waals surface area contributed by atoms with Gasteiger partial charge >= 0.3 is 5.97 Å². The standard InChI is InChI=1S/C33H34N2O6S/c1-24-18-19-28(42(38,39)34-30-16-10-11-17-31(30)40-3)22-29(24)33(37)41-25(2)32(36)35(23-27-14-8-5-9-15-27)21-20-26-12-6-4-7-13-26/h4-19,22,25,34H,20-21,23H2,1-3H3/t25-/m1/s1. The molecule has 0 radical (unpaired) electrons. The zero-order valence-corrected chi connectivity index (χ0v) is 24.6. The van der Waals surface area contributed by atoms with Gasteiger partial charge in [0.1, 0.15) is 5.75 Å². The highest BCUT2D eigenvalue weighted by molar-refractivity contribution is 7.92. The van der Waals surface area contributed by atoms with Gasteiger partial charge in [-0.3, -0.25) is 9.52 Å². The summed E-state index contributed by atoms with van der Waals surface area (Å²) in [6.07, 6.45) is -0.457. The number of sulfonamides is 1. The first kappa shape index (κ1) is 30.3. The van der Waals surface area contributed by atoms with E-state index in [-0.39, 0.29) is 22.1 Å². The van der Waals surface area contributed by atoms with E-state index in [4.69, 9.17) is 9.47 Å². The summed E-state index contributed by atoms with van der Waals surface area (Å²) < 4.78 is 39.7. The third kappa shape index (κ3) is 7.76. The van der Waals surface area contributed by atoms with Gasteiger partial charge < -0.3 is 14.4 Å². The molecule has 4 aromatic carbocycles. The smallest absolute Gasteiger partial charge is 0.339 e. The van der Waals surface area contributed by atoms with E-state index in [1.54, 1.807) is 36.1 Å². The summed E-state index contributed by atoms with van der Waals surface area (Å²) in [5.41, 5.74) is 2.87. The van der Waals surface area contributed by atoms with Crippen molar-refractivity contribution in [2.45, 2.75) is 37.8 Å². The third-order valence-electron chi connectivity index (χ3n) is 6.76. The van der Waals surface area contributed by atoms with Crippen LogP contribution in [-0.2, 0) is 32.5 Å². The highest BCUT2D eigenvalue weighted by Gasteiger charge is 2.26. The quantitative estimate of drug-likeness (QED) is 0.216. The van der Waals surface area contributed by atoms with Crippen LogP contribution in [0.1, 0.15) is 34.0 Å². The number of hydrogen-bond donors (Lipinski definition) is 1. The molecule has 0 saturated carbocycles. The van der Waals surface area contributed by atoms with Crippen molar-refractivity contribution in [3.8, 4) is 5.75 Å². The molecule has 218 valence electrons. The van der Waals surface area contributed by atoms with E-state index in [9.17, 15) is 18.0 Å². The van der Waals surface area contributed by atoms with Crippen molar-refractivity contribution in [3.05, 3.63) is 125 Å². The molecular weight excluding hydrogens is 552 g/mol. The van der Waals surface area contributed by atoms with E-state index >= 15 is 0 Å². The van der Waals surface area contributed by atoms with Crippen LogP contribution in [-0.4, -0.2) is 45.0 Å². The minimum absolute atomic E-state index is 0.0523. The second-order valence-corrected chi connectivity index (χ2v) is 11.5. The van der Waals surface area contributed by atoms with Crippen LogP contribution in [0.25, 0.3) is 0 Å². The lowest BCUT2D eigenvalue weighted by molar-refractivity contribution is -0.140. The topological polar surface area (TPSA) is 102 Å². The van der Waals surface area contributed by atoms with Crippen molar-refractivity contribution in [2.75, 3.05) is 18.4 Å². The number of rotatable bonds is 12. The largest absolute Gasteiger partial charge is 0.495 e. The molecule has 1 amide bonds. The summed E-state index contributed by atoms with van der Waals surface area (Å²) >= 11 is 0. The SMILES string of the molecule is COc1ccccc1NS(=O)(=O)c1ccc(C)c(C(=O)O[C@H](C)C(=O)N(CCc2ccccc2)Cc2ccccc2)c1. The molecule has 1 atom stereocenters. The summed E-state index contributed by atoms with van der Waals surface area (Å²) in [4.78, 5) is 28.3. The van der Waals surface area contributed by atoms with Crippen molar-refractivity contribution < 1.29 is 27.5 Å². The Morgan fingerprint density at radius 1 is 0.857 bits per heavy atom. The number of nitrogens with one attached hydrogen (secondary N) is 1. The lowest BCUT2D eigenvalue weighted by Crippen LogP contribution is -2.40. The number of aryl methyl sites for hydroxylation is 1. The van der Waals surface area contributed by atoms with Gasteiger partial charge in [0.05, 0.1) is 23.3 Å². The molecule has 4 rings (SSSR count). The fourth-order valence-corrected chi connectivity index (χ4v) is 5.53. The Kier molecular flexibility index (Phi) is 9.98. The second-order valence-electron chi connectivity index (χ2n) is 9.81. The number of hydrogen-bond acceptors (Lipinski definition) is 6. The number of nitrogens with zero attached hydrogens (tertiary/aromatic N) is 1. The third-order valence-corrected chi connectivity index (χ3v) is 8.13. The number of amides is 1. The van der Waals surface area contributed by atoms with Gasteiger partial charge in [0.25, 0.3) is 15.9 Å². The highest BCUT2D eigenvalue weighted by atomic mass is 32.2. The predicted molar refractivity (Wildman–Crippen MR) is 162 cm³/mol. The van der Waals surface area contributed by atoms with E-state index in [0.717, 1.165) is 11.1 Å². The van der Waals surface area contributed by atoms with E-state index in [1.165, 1.54) is 32.2 Å². The zero-order chi connectivity index (χ0) is 30.1. The van der Waals surface area contributed by atoms with Crippen LogP contribution >= 0.6 is 0 Å². The summed E-state index contributed by atoms with van der Waals surface area (Å²) in [5.74, 6) is -0.778. The van der Waals surface area contributed by atoms with Gasteiger partial charge in [-0.25, -0.2) is 13.2 Å². The Morgan fingerprint density at radius 2 is 1.48 bits per heavy atom. The number of anilines is 1. The average molecular weight is 587 g/mol. The Hall–Kier alpha value is -4.63. The van der Waals surface area contributed by atoms with Crippen LogP contribution in [0.15, 0.2) is 108 Å². The molecule has 0 aliphatic carbocycles. The van der Waals surface area contributed by atoms with E-state index in [2.05, 4.69) is 4.72 Å². The first-order chi connectivity index (χ1) is 20.2. The molecule has 0 unspecified atom stereocenters. The van der Waals surface area contributed by atoms with Gasteiger partial charge in [0.15, 0.2) is 6.10 Å². The molecule has 0 aromatic heterocycles. The Labute approximate surface area is 247 Å². The average Bonchev–Trinajstić information content (AvgIpc) is 3.00. The lowest BCUT2D eigenvalue weighted by atomic mass is 10.1. The monoisotopic (exact) mass is 586 g/mol. The molecule has 9 heteroatoms. The maximum atomic E-state index is 13.5. The van der Waals surface area contributed by atoms with E-state index < -0.39 is 22.1 Å². The maximum absolute atomic E-state index is 13.5. The first-order valence-corrected chi connectivity index (χ1v) is 15.0. The zero-order valence-electron chi connectivity index (χ0n) is 23.8. The molecule has 0 bridgehead atoms. The number of carbonyl (C=O) groups is 2. The lowest BCUT2D eigenvalue weighted by Gasteiger charge is -2.26. The summed E-state index contributed by atoms with van der Waals surface area (Å²) in [7, 11) is -2.62. The molecule has 42 heavy (non-hydrogen) atoms. The van der Waals surface area contributed by atoms with Crippen molar-refractivity contribution in [2.24, 2.45) is 0 Å².